The molecule has 0 unspecified atom stereocenters. The molecular weight excluding hydrogens is 190 g/mol. The third-order valence-electron chi connectivity index (χ3n) is 1.66. The molecule has 4 N–H and O–H groups in total. The van der Waals surface area contributed by atoms with Gasteiger partial charge in [0, 0.05) is 17.6 Å². The predicted octanol–water partition coefficient (Wildman–Crippen LogP) is -0.262. The van der Waals surface area contributed by atoms with Crippen LogP contribution in [0.2, 0.25) is 0 Å². The SMILES string of the molecule is C/C(C(=O)O)=C(\CCC(=O)O)C(N)=O. The van der Waals surface area contributed by atoms with E-state index in [9.17, 15) is 14.4 Å². The molecule has 0 atom stereocenters. The number of aliphatic carboxylic acids is 2. The molecule has 0 bridgehead atoms. The van der Waals surface area contributed by atoms with Gasteiger partial charge in [0.1, 0.15) is 0 Å². The molecule has 0 saturated carbocycles. The molecule has 0 fully saturated rings. The Balaban J connectivity index is 4.77. The second kappa shape index (κ2) is 5.00. The largest absolute Gasteiger partial charge is 0.481 e. The van der Waals surface area contributed by atoms with Crippen LogP contribution in [-0.4, -0.2) is 28.1 Å². The van der Waals surface area contributed by atoms with E-state index in [4.69, 9.17) is 15.9 Å². The topological polar surface area (TPSA) is 118 Å². The predicted molar refractivity (Wildman–Crippen MR) is 46.4 cm³/mol. The summed E-state index contributed by atoms with van der Waals surface area (Å²) in [7, 11) is 0. The first-order valence-electron chi connectivity index (χ1n) is 3.81. The minimum Gasteiger partial charge on any atom is -0.481 e. The number of rotatable bonds is 5. The molecule has 1 amide bonds. The molecule has 78 valence electrons. The van der Waals surface area contributed by atoms with Crippen LogP contribution in [0.3, 0.4) is 0 Å². The summed E-state index contributed by atoms with van der Waals surface area (Å²) in [5, 5.41) is 16.9. The summed E-state index contributed by atoms with van der Waals surface area (Å²) in [6.07, 6.45) is -0.480. The average Bonchev–Trinajstić information content (AvgIpc) is 2.02. The molecule has 0 saturated heterocycles. The summed E-state index contributed by atoms with van der Waals surface area (Å²) in [5.74, 6) is -3.28. The number of carboxylic acid groups (broad SMARTS) is 2. The van der Waals surface area contributed by atoms with Crippen molar-refractivity contribution in [3.63, 3.8) is 0 Å². The number of amides is 1. The Morgan fingerprint density at radius 1 is 1.14 bits per heavy atom. The minimum atomic E-state index is -1.27. The summed E-state index contributed by atoms with van der Waals surface area (Å²) in [6.45, 7) is 1.21. The monoisotopic (exact) mass is 201 g/mol. The highest BCUT2D eigenvalue weighted by Gasteiger charge is 2.15. The Hall–Kier alpha value is -1.85. The van der Waals surface area contributed by atoms with Gasteiger partial charge in [-0.15, -0.1) is 0 Å². The molecule has 0 heterocycles. The van der Waals surface area contributed by atoms with Crippen molar-refractivity contribution < 1.29 is 24.6 Å². The molecule has 0 aliphatic heterocycles. The molecule has 6 nitrogen and oxygen atoms in total. The molecule has 0 aromatic heterocycles. The third-order valence-corrected chi connectivity index (χ3v) is 1.66. The second-order valence-electron chi connectivity index (χ2n) is 2.67. The first-order chi connectivity index (χ1) is 6.36. The van der Waals surface area contributed by atoms with E-state index >= 15 is 0 Å². The zero-order chi connectivity index (χ0) is 11.3. The van der Waals surface area contributed by atoms with Crippen molar-refractivity contribution in [2.75, 3.05) is 0 Å². The zero-order valence-corrected chi connectivity index (χ0v) is 7.61. The molecule has 0 aromatic carbocycles. The van der Waals surface area contributed by atoms with Gasteiger partial charge in [-0.05, 0) is 13.3 Å². The molecule has 6 heteroatoms. The summed E-state index contributed by atoms with van der Waals surface area (Å²) in [6, 6.07) is 0. The fraction of sp³-hybridized carbons (Fsp3) is 0.375. The highest BCUT2D eigenvalue weighted by Crippen LogP contribution is 2.10. The van der Waals surface area contributed by atoms with E-state index in [2.05, 4.69) is 0 Å². The van der Waals surface area contributed by atoms with E-state index in [1.807, 2.05) is 0 Å². The number of hydrogen-bond donors (Lipinski definition) is 3. The fourth-order valence-electron chi connectivity index (χ4n) is 0.857. The second-order valence-corrected chi connectivity index (χ2v) is 2.67. The van der Waals surface area contributed by atoms with Crippen LogP contribution in [0.5, 0.6) is 0 Å². The van der Waals surface area contributed by atoms with Crippen molar-refractivity contribution in [2.24, 2.45) is 5.73 Å². The molecule has 0 spiro atoms. The fourth-order valence-corrected chi connectivity index (χ4v) is 0.857. The van der Waals surface area contributed by atoms with Gasteiger partial charge < -0.3 is 15.9 Å². The van der Waals surface area contributed by atoms with E-state index in [0.29, 0.717) is 0 Å². The van der Waals surface area contributed by atoms with Crippen molar-refractivity contribution in [2.45, 2.75) is 19.8 Å². The zero-order valence-electron chi connectivity index (χ0n) is 7.61. The Labute approximate surface area is 80.0 Å². The third kappa shape index (κ3) is 3.70. The van der Waals surface area contributed by atoms with Crippen molar-refractivity contribution in [3.8, 4) is 0 Å². The minimum absolute atomic E-state index is 0.153. The van der Waals surface area contributed by atoms with Crippen LogP contribution in [0.4, 0.5) is 0 Å². The smallest absolute Gasteiger partial charge is 0.331 e. The van der Waals surface area contributed by atoms with Crippen molar-refractivity contribution in [1.82, 2.24) is 0 Å². The molecule has 14 heavy (non-hydrogen) atoms. The number of carboxylic acids is 2. The van der Waals surface area contributed by atoms with Crippen LogP contribution in [0, 0.1) is 0 Å². The molecular formula is C8H11NO5. The van der Waals surface area contributed by atoms with Crippen LogP contribution in [0.1, 0.15) is 19.8 Å². The van der Waals surface area contributed by atoms with Crippen LogP contribution >= 0.6 is 0 Å². The molecule has 0 aliphatic carbocycles. The van der Waals surface area contributed by atoms with Gasteiger partial charge in [-0.1, -0.05) is 0 Å². The quantitative estimate of drug-likeness (QED) is 0.529. The van der Waals surface area contributed by atoms with Crippen LogP contribution in [0.25, 0.3) is 0 Å². The highest BCUT2D eigenvalue weighted by molar-refractivity contribution is 6.01. The van der Waals surface area contributed by atoms with Crippen molar-refractivity contribution in [1.29, 1.82) is 0 Å². The highest BCUT2D eigenvalue weighted by atomic mass is 16.4. The van der Waals surface area contributed by atoms with E-state index < -0.39 is 17.8 Å². The van der Waals surface area contributed by atoms with Gasteiger partial charge in [0.15, 0.2) is 0 Å². The maximum atomic E-state index is 10.8. The molecule has 0 aromatic rings. The summed E-state index contributed by atoms with van der Waals surface area (Å²) in [5.41, 5.74) is 4.55. The first-order valence-corrected chi connectivity index (χ1v) is 3.81. The number of nitrogens with two attached hydrogens (primary N) is 1. The molecule has 0 rings (SSSR count). The summed E-state index contributed by atoms with van der Waals surface area (Å²) < 4.78 is 0. The van der Waals surface area contributed by atoms with E-state index in [-0.39, 0.29) is 24.0 Å². The van der Waals surface area contributed by atoms with Crippen LogP contribution in [0.15, 0.2) is 11.1 Å². The van der Waals surface area contributed by atoms with E-state index in [1.165, 1.54) is 6.92 Å². The number of primary amides is 1. The Bertz CT molecular complexity index is 305. The molecule has 0 radical (unpaired) electrons. The number of hydrogen-bond acceptors (Lipinski definition) is 3. The summed E-state index contributed by atoms with van der Waals surface area (Å²) >= 11 is 0. The lowest BCUT2D eigenvalue weighted by Crippen LogP contribution is -2.18. The van der Waals surface area contributed by atoms with Gasteiger partial charge in [-0.3, -0.25) is 9.59 Å². The van der Waals surface area contributed by atoms with Gasteiger partial charge in [-0.25, -0.2) is 4.79 Å². The van der Waals surface area contributed by atoms with E-state index in [1.54, 1.807) is 0 Å². The lowest BCUT2D eigenvalue weighted by Gasteiger charge is -2.03. The van der Waals surface area contributed by atoms with Gasteiger partial charge >= 0.3 is 11.9 Å². The van der Waals surface area contributed by atoms with Gasteiger partial charge in [0.25, 0.3) is 0 Å². The first kappa shape index (κ1) is 12.2. The maximum absolute atomic E-state index is 10.8. The average molecular weight is 201 g/mol. The molecule has 0 aliphatic rings. The lowest BCUT2D eigenvalue weighted by molar-refractivity contribution is -0.137. The standard InChI is InChI=1S/C8H11NO5/c1-4(8(13)14)5(7(9)12)2-3-6(10)11/h2-3H2,1H3,(H2,9,12)(H,10,11)(H,13,14)/b5-4-. The number of carbonyl (C=O) groups is 3. The van der Waals surface area contributed by atoms with E-state index in [0.717, 1.165) is 0 Å². The Morgan fingerprint density at radius 2 is 1.64 bits per heavy atom. The van der Waals surface area contributed by atoms with Crippen LogP contribution < -0.4 is 5.73 Å². The maximum Gasteiger partial charge on any atom is 0.331 e. The lowest BCUT2D eigenvalue weighted by atomic mass is 10.0. The van der Waals surface area contributed by atoms with Gasteiger partial charge in [0.2, 0.25) is 5.91 Å². The number of carbonyl (C=O) groups excluding carboxylic acids is 1. The van der Waals surface area contributed by atoms with Gasteiger partial charge in [-0.2, -0.15) is 0 Å². The van der Waals surface area contributed by atoms with Crippen LogP contribution in [-0.2, 0) is 14.4 Å². The van der Waals surface area contributed by atoms with Crippen molar-refractivity contribution in [3.05, 3.63) is 11.1 Å². The van der Waals surface area contributed by atoms with Gasteiger partial charge in [0.05, 0.1) is 0 Å². The summed E-state index contributed by atoms with van der Waals surface area (Å²) in [4.78, 5) is 31.4. The van der Waals surface area contributed by atoms with Crippen molar-refractivity contribution >= 4 is 17.8 Å². The Kier molecular flexibility index (Phi) is 4.34. The normalized spacial score (nSPS) is 11.8. The Morgan fingerprint density at radius 3 is 1.93 bits per heavy atom.